The standard InChI is InChI=1S/C18H23N3O3S2.C2H2O4/c1-15-4-6-17(7-5-15)26(23,24)21-10-8-20(9-11-21)18(22)14-19-13-16-3-2-12-25-16;3-1(4)2(5)6/h2-7,12,19H,8-11,13-14H2,1H3;(H,3,4)(H,5,6). The molecule has 0 unspecified atom stereocenters. The lowest BCUT2D eigenvalue weighted by Gasteiger charge is -2.34. The number of carboxylic acids is 2. The normalized spacial score (nSPS) is 14.3. The monoisotopic (exact) mass is 483 g/mol. The SMILES string of the molecule is Cc1ccc(S(=O)(=O)N2CCN(C(=O)CNCc3cccs3)CC2)cc1.O=C(O)C(=O)O. The average molecular weight is 484 g/mol. The molecule has 10 nitrogen and oxygen atoms in total. The van der Waals surface area contributed by atoms with Crippen LogP contribution < -0.4 is 5.32 Å². The van der Waals surface area contributed by atoms with E-state index < -0.39 is 22.0 Å². The van der Waals surface area contributed by atoms with Crippen molar-refractivity contribution in [2.75, 3.05) is 32.7 Å². The van der Waals surface area contributed by atoms with Crippen LogP contribution >= 0.6 is 11.3 Å². The van der Waals surface area contributed by atoms with Gasteiger partial charge in [0.15, 0.2) is 0 Å². The van der Waals surface area contributed by atoms with Crippen LogP contribution in [0.2, 0.25) is 0 Å². The van der Waals surface area contributed by atoms with Gasteiger partial charge in [0.1, 0.15) is 0 Å². The predicted molar refractivity (Wildman–Crippen MR) is 118 cm³/mol. The van der Waals surface area contributed by atoms with Crippen molar-refractivity contribution < 1.29 is 33.0 Å². The lowest BCUT2D eigenvalue weighted by atomic mass is 10.2. The van der Waals surface area contributed by atoms with Crippen LogP contribution in [0.25, 0.3) is 0 Å². The first kappa shape index (κ1) is 25.5. The number of hydrogen-bond acceptors (Lipinski definition) is 7. The van der Waals surface area contributed by atoms with E-state index in [1.54, 1.807) is 40.5 Å². The molecule has 2 heterocycles. The van der Waals surface area contributed by atoms with Gasteiger partial charge < -0.3 is 20.4 Å². The molecule has 0 atom stereocenters. The van der Waals surface area contributed by atoms with Gasteiger partial charge in [-0.15, -0.1) is 11.3 Å². The number of aliphatic carboxylic acids is 2. The number of hydrogen-bond donors (Lipinski definition) is 3. The molecule has 0 saturated carbocycles. The summed E-state index contributed by atoms with van der Waals surface area (Å²) >= 11 is 1.65. The van der Waals surface area contributed by atoms with E-state index in [0.29, 0.717) is 37.6 Å². The van der Waals surface area contributed by atoms with Crippen LogP contribution in [0.1, 0.15) is 10.4 Å². The fraction of sp³-hybridized carbons (Fsp3) is 0.350. The zero-order valence-corrected chi connectivity index (χ0v) is 19.1. The van der Waals surface area contributed by atoms with Gasteiger partial charge in [-0.3, -0.25) is 4.79 Å². The Kier molecular flexibility index (Phi) is 9.32. The highest BCUT2D eigenvalue weighted by Crippen LogP contribution is 2.18. The summed E-state index contributed by atoms with van der Waals surface area (Å²) < 4.78 is 26.8. The Bertz CT molecular complexity index is 1000. The van der Waals surface area contributed by atoms with Crippen LogP contribution in [0.15, 0.2) is 46.7 Å². The summed E-state index contributed by atoms with van der Waals surface area (Å²) in [7, 11) is -3.49. The minimum absolute atomic E-state index is 0.00828. The molecule has 0 spiro atoms. The zero-order valence-electron chi connectivity index (χ0n) is 17.4. The second-order valence-corrected chi connectivity index (χ2v) is 9.86. The van der Waals surface area contributed by atoms with Gasteiger partial charge in [-0.05, 0) is 30.5 Å². The number of piperazine rings is 1. The van der Waals surface area contributed by atoms with Gasteiger partial charge in [-0.1, -0.05) is 23.8 Å². The van der Waals surface area contributed by atoms with Crippen LogP contribution in [-0.2, 0) is 31.0 Å². The second kappa shape index (κ2) is 11.7. The fourth-order valence-electron chi connectivity index (χ4n) is 2.85. The van der Waals surface area contributed by atoms with Crippen molar-refractivity contribution in [1.29, 1.82) is 0 Å². The number of carbonyl (C=O) groups excluding carboxylic acids is 1. The summed E-state index contributed by atoms with van der Waals surface area (Å²) in [6.07, 6.45) is 0. The molecule has 12 heteroatoms. The van der Waals surface area contributed by atoms with Gasteiger partial charge in [0, 0.05) is 37.6 Å². The highest BCUT2D eigenvalue weighted by molar-refractivity contribution is 7.89. The molecule has 1 aromatic carbocycles. The molecule has 1 saturated heterocycles. The Balaban J connectivity index is 0.000000534. The maximum absolute atomic E-state index is 12.7. The summed E-state index contributed by atoms with van der Waals surface area (Å²) in [5.41, 5.74) is 1.02. The molecule has 1 fully saturated rings. The first-order valence-electron chi connectivity index (χ1n) is 9.65. The number of nitrogens with one attached hydrogen (secondary N) is 1. The van der Waals surface area contributed by atoms with E-state index in [2.05, 4.69) is 5.32 Å². The molecule has 0 bridgehead atoms. The molecular formula is C20H25N3O7S2. The highest BCUT2D eigenvalue weighted by atomic mass is 32.2. The van der Waals surface area contributed by atoms with E-state index in [1.165, 1.54) is 9.18 Å². The summed E-state index contributed by atoms with van der Waals surface area (Å²) in [5, 5.41) is 19.9. The highest BCUT2D eigenvalue weighted by Gasteiger charge is 2.29. The molecule has 3 rings (SSSR count). The van der Waals surface area contributed by atoms with Crippen molar-refractivity contribution in [3.8, 4) is 0 Å². The predicted octanol–water partition coefficient (Wildman–Crippen LogP) is 0.835. The molecule has 32 heavy (non-hydrogen) atoms. The Morgan fingerprint density at radius 2 is 1.59 bits per heavy atom. The van der Waals surface area contributed by atoms with E-state index in [-0.39, 0.29) is 12.5 Å². The first-order valence-corrected chi connectivity index (χ1v) is 12.0. The Morgan fingerprint density at radius 3 is 2.09 bits per heavy atom. The third kappa shape index (κ3) is 7.41. The Hall–Kier alpha value is -2.80. The maximum atomic E-state index is 12.7. The Morgan fingerprint density at radius 1 is 1.00 bits per heavy atom. The number of nitrogens with zero attached hydrogens (tertiary/aromatic N) is 2. The van der Waals surface area contributed by atoms with Gasteiger partial charge in [0.25, 0.3) is 0 Å². The van der Waals surface area contributed by atoms with Crippen molar-refractivity contribution in [1.82, 2.24) is 14.5 Å². The number of rotatable bonds is 6. The molecule has 1 aliphatic heterocycles. The molecule has 0 aliphatic carbocycles. The van der Waals surface area contributed by atoms with Crippen molar-refractivity contribution in [3.63, 3.8) is 0 Å². The lowest BCUT2D eigenvalue weighted by molar-refractivity contribution is -0.159. The van der Waals surface area contributed by atoms with E-state index in [4.69, 9.17) is 19.8 Å². The van der Waals surface area contributed by atoms with Crippen LogP contribution in [0, 0.1) is 6.92 Å². The second-order valence-electron chi connectivity index (χ2n) is 6.89. The van der Waals surface area contributed by atoms with Gasteiger partial charge in [0.05, 0.1) is 11.4 Å². The van der Waals surface area contributed by atoms with Crippen LogP contribution in [0.5, 0.6) is 0 Å². The van der Waals surface area contributed by atoms with Gasteiger partial charge in [-0.25, -0.2) is 18.0 Å². The van der Waals surface area contributed by atoms with Gasteiger partial charge in [-0.2, -0.15) is 4.31 Å². The number of amides is 1. The average Bonchev–Trinajstić information content (AvgIpc) is 3.28. The molecule has 1 amide bonds. The molecule has 2 aromatic rings. The minimum atomic E-state index is -3.49. The van der Waals surface area contributed by atoms with E-state index in [9.17, 15) is 13.2 Å². The van der Waals surface area contributed by atoms with Gasteiger partial charge in [0.2, 0.25) is 15.9 Å². The van der Waals surface area contributed by atoms with Crippen molar-refractivity contribution in [2.45, 2.75) is 18.4 Å². The van der Waals surface area contributed by atoms with Crippen molar-refractivity contribution in [2.24, 2.45) is 0 Å². The third-order valence-corrected chi connectivity index (χ3v) is 7.38. The maximum Gasteiger partial charge on any atom is 0.414 e. The smallest absolute Gasteiger partial charge is 0.414 e. The van der Waals surface area contributed by atoms with Crippen molar-refractivity contribution in [3.05, 3.63) is 52.2 Å². The van der Waals surface area contributed by atoms with E-state index in [1.807, 2.05) is 24.4 Å². The summed E-state index contributed by atoms with van der Waals surface area (Å²) in [5.74, 6) is -3.64. The number of thiophene rings is 1. The van der Waals surface area contributed by atoms with E-state index >= 15 is 0 Å². The number of sulfonamides is 1. The number of aryl methyl sites for hydroxylation is 1. The topological polar surface area (TPSA) is 144 Å². The number of carboxylic acid groups (broad SMARTS) is 2. The summed E-state index contributed by atoms with van der Waals surface area (Å²) in [6.45, 7) is 4.36. The fourth-order valence-corrected chi connectivity index (χ4v) is 4.95. The van der Waals surface area contributed by atoms with Crippen LogP contribution in [0.3, 0.4) is 0 Å². The minimum Gasteiger partial charge on any atom is -0.473 e. The van der Waals surface area contributed by atoms with Crippen LogP contribution in [-0.4, -0.2) is 78.4 Å². The molecule has 3 N–H and O–H groups in total. The molecule has 0 radical (unpaired) electrons. The largest absolute Gasteiger partial charge is 0.473 e. The zero-order chi connectivity index (χ0) is 23.7. The Labute approximate surface area is 190 Å². The molecule has 1 aromatic heterocycles. The molecule has 1 aliphatic rings. The quantitative estimate of drug-likeness (QED) is 0.513. The molecular weight excluding hydrogens is 458 g/mol. The summed E-state index contributed by atoms with van der Waals surface area (Å²) in [6, 6.07) is 10.9. The van der Waals surface area contributed by atoms with Crippen molar-refractivity contribution >= 4 is 39.2 Å². The van der Waals surface area contributed by atoms with Gasteiger partial charge >= 0.3 is 11.9 Å². The van der Waals surface area contributed by atoms with E-state index in [0.717, 1.165) is 5.56 Å². The summed E-state index contributed by atoms with van der Waals surface area (Å²) in [4.78, 5) is 33.7. The molecule has 174 valence electrons. The first-order chi connectivity index (χ1) is 15.1. The third-order valence-electron chi connectivity index (χ3n) is 4.59. The van der Waals surface area contributed by atoms with Crippen LogP contribution in [0.4, 0.5) is 0 Å². The number of benzene rings is 1. The lowest BCUT2D eigenvalue weighted by Crippen LogP contribution is -2.52. The number of carbonyl (C=O) groups is 3.